The first-order valence-electron chi connectivity index (χ1n) is 14.9. The molecule has 0 aliphatic carbocycles. The Morgan fingerprint density at radius 2 is 1.95 bits per heavy atom. The normalized spacial score (nSPS) is 26.9. The number of nitrogens with zero attached hydrogens (tertiary/aromatic N) is 1. The maximum Gasteiger partial charge on any atom is 0.261 e. The van der Waals surface area contributed by atoms with E-state index in [9.17, 15) is 19.8 Å². The molecular formula is C31H42FN3O6Si. The number of aliphatic hydroxyl groups excluding tert-OH is 2. The summed E-state index contributed by atoms with van der Waals surface area (Å²) < 4.78 is 27.9. The van der Waals surface area contributed by atoms with Gasteiger partial charge in [-0.3, -0.25) is 14.5 Å². The number of rotatable bonds is 11. The molecule has 1 saturated heterocycles. The monoisotopic (exact) mass is 599 g/mol. The molecule has 42 heavy (non-hydrogen) atoms. The molecule has 2 aromatic carbocycles. The fourth-order valence-corrected chi connectivity index (χ4v) is 9.65. The van der Waals surface area contributed by atoms with Crippen molar-refractivity contribution in [2.45, 2.75) is 75.9 Å². The van der Waals surface area contributed by atoms with Gasteiger partial charge in [0.2, 0.25) is 14.3 Å². The Hall–Kier alpha value is -2.83. The highest BCUT2D eigenvalue weighted by atomic mass is 28.4. The van der Waals surface area contributed by atoms with Gasteiger partial charge in [-0.15, -0.1) is 0 Å². The maximum atomic E-state index is 15.7. The molecule has 5 atom stereocenters. The average Bonchev–Trinajstić information content (AvgIpc) is 3.40. The summed E-state index contributed by atoms with van der Waals surface area (Å²) in [5.74, 6) is -0.229. The smallest absolute Gasteiger partial charge is 0.261 e. The Bertz CT molecular complexity index is 1340. The molecule has 0 aromatic heterocycles. The third-order valence-electron chi connectivity index (χ3n) is 8.89. The number of nitrogens with one attached hydrogen (secondary N) is 2. The summed E-state index contributed by atoms with van der Waals surface area (Å²) in [5, 5.41) is 25.2. The number of unbranched alkanes of at least 4 members (excludes halogenated alkanes) is 1. The number of ether oxygens (including phenoxy) is 2. The average molecular weight is 600 g/mol. The first-order valence-corrected chi connectivity index (χ1v) is 17.9. The van der Waals surface area contributed by atoms with Gasteiger partial charge < -0.3 is 34.4 Å². The van der Waals surface area contributed by atoms with Gasteiger partial charge in [0.15, 0.2) is 5.60 Å². The number of halogens is 1. The molecule has 3 aliphatic heterocycles. The summed E-state index contributed by atoms with van der Waals surface area (Å²) in [5.41, 5.74) is 1.50. The number of anilines is 3. The van der Waals surface area contributed by atoms with Crippen molar-refractivity contribution in [2.24, 2.45) is 5.92 Å². The van der Waals surface area contributed by atoms with E-state index in [-0.39, 0.29) is 31.4 Å². The van der Waals surface area contributed by atoms with Crippen LogP contribution in [0.2, 0.25) is 18.6 Å². The maximum absolute atomic E-state index is 15.7. The number of benzene rings is 2. The summed E-state index contributed by atoms with van der Waals surface area (Å²) in [6.45, 7) is 8.06. The summed E-state index contributed by atoms with van der Waals surface area (Å²) in [4.78, 5) is 29.3. The third kappa shape index (κ3) is 5.26. The van der Waals surface area contributed by atoms with E-state index in [0.29, 0.717) is 42.9 Å². The zero-order valence-electron chi connectivity index (χ0n) is 24.8. The van der Waals surface area contributed by atoms with Crippen molar-refractivity contribution in [1.82, 2.24) is 5.32 Å². The predicted octanol–water partition coefficient (Wildman–Crippen LogP) is 4.15. The van der Waals surface area contributed by atoms with Gasteiger partial charge in [-0.2, -0.15) is 0 Å². The Morgan fingerprint density at radius 1 is 1.17 bits per heavy atom. The molecule has 3 aliphatic rings. The number of carbonyl (C=O) groups is 2. The van der Waals surface area contributed by atoms with Crippen LogP contribution in [-0.2, 0) is 26.3 Å². The Kier molecular flexibility index (Phi) is 8.78. The highest BCUT2D eigenvalue weighted by molar-refractivity contribution is 6.72. The van der Waals surface area contributed by atoms with Crippen LogP contribution in [0.1, 0.15) is 44.2 Å². The molecule has 1 spiro atoms. The summed E-state index contributed by atoms with van der Waals surface area (Å²) >= 11 is 0. The van der Waals surface area contributed by atoms with Crippen LogP contribution < -0.4 is 20.3 Å². The lowest BCUT2D eigenvalue weighted by molar-refractivity contribution is -0.143. The zero-order valence-corrected chi connectivity index (χ0v) is 25.8. The summed E-state index contributed by atoms with van der Waals surface area (Å²) in [6, 6.07) is 10.6. The minimum absolute atomic E-state index is 0.0964. The number of aliphatic hydroxyl groups is 2. The van der Waals surface area contributed by atoms with E-state index < -0.39 is 37.6 Å². The molecule has 2 aromatic rings. The van der Waals surface area contributed by atoms with E-state index in [0.717, 1.165) is 23.4 Å². The quantitative estimate of drug-likeness (QED) is 0.174. The molecule has 1 fully saturated rings. The van der Waals surface area contributed by atoms with Crippen LogP contribution >= 0.6 is 0 Å². The number of carbonyl (C=O) groups excluding carboxylic acids is 2. The van der Waals surface area contributed by atoms with Crippen LogP contribution in [0.25, 0.3) is 0 Å². The van der Waals surface area contributed by atoms with Crippen LogP contribution in [0.15, 0.2) is 36.4 Å². The van der Waals surface area contributed by atoms with Crippen molar-refractivity contribution in [3.63, 3.8) is 0 Å². The molecule has 11 heteroatoms. The molecule has 1 unspecified atom stereocenters. The Balaban J connectivity index is 1.57. The minimum Gasteiger partial charge on any atom is -0.494 e. The molecule has 3 heterocycles. The van der Waals surface area contributed by atoms with E-state index in [1.165, 1.54) is 0 Å². The zero-order chi connectivity index (χ0) is 30.2. The third-order valence-corrected chi connectivity index (χ3v) is 11.3. The minimum atomic E-state index is -3.29. The molecule has 2 amide bonds. The fourth-order valence-electron chi connectivity index (χ4n) is 7.11. The molecule has 4 N–H and O–H groups in total. The molecular weight excluding hydrogens is 557 g/mol. The van der Waals surface area contributed by atoms with E-state index in [1.807, 2.05) is 38.1 Å². The van der Waals surface area contributed by atoms with Gasteiger partial charge in [-0.05, 0) is 94.2 Å². The van der Waals surface area contributed by atoms with Gasteiger partial charge >= 0.3 is 0 Å². The van der Waals surface area contributed by atoms with Crippen molar-refractivity contribution in [1.29, 1.82) is 0 Å². The topological polar surface area (TPSA) is 120 Å². The molecule has 0 radical (unpaired) electrons. The number of hydrogen-bond donors (Lipinski definition) is 4. The van der Waals surface area contributed by atoms with Crippen molar-refractivity contribution < 1.29 is 33.4 Å². The van der Waals surface area contributed by atoms with Crippen molar-refractivity contribution in [2.75, 3.05) is 36.6 Å². The SMILES string of the molecule is CCOc1ccc2c(c1)CC(NCCCCO)C(=O)N2c1ccc2c(c1)[C@@]1(O[C@H](CCO)[C@@H]([Si](C)(C)F)[C@@H]1C)C(=O)N2. The molecule has 228 valence electrons. The van der Waals surface area contributed by atoms with Crippen LogP contribution in [0.5, 0.6) is 5.75 Å². The first kappa shape index (κ1) is 30.6. The number of hydrogen-bond acceptors (Lipinski definition) is 7. The van der Waals surface area contributed by atoms with Crippen molar-refractivity contribution >= 4 is 37.3 Å². The lowest BCUT2D eigenvalue weighted by atomic mass is 9.82. The second-order valence-corrected chi connectivity index (χ2v) is 15.8. The highest BCUT2D eigenvalue weighted by Gasteiger charge is 2.65. The second kappa shape index (κ2) is 12.0. The van der Waals surface area contributed by atoms with Gasteiger partial charge in [-0.25, -0.2) is 0 Å². The Morgan fingerprint density at radius 3 is 2.64 bits per heavy atom. The van der Waals surface area contributed by atoms with E-state index >= 15 is 4.11 Å². The summed E-state index contributed by atoms with van der Waals surface area (Å²) in [7, 11) is -3.29. The van der Waals surface area contributed by atoms with E-state index in [4.69, 9.17) is 9.47 Å². The predicted molar refractivity (Wildman–Crippen MR) is 161 cm³/mol. The van der Waals surface area contributed by atoms with Crippen LogP contribution in [0, 0.1) is 5.92 Å². The molecule has 5 rings (SSSR count). The van der Waals surface area contributed by atoms with Gasteiger partial charge in [0.25, 0.3) is 5.91 Å². The second-order valence-electron chi connectivity index (χ2n) is 12.0. The number of amides is 2. The standard InChI is InChI=1S/C31H42FN3O6Si/c1-5-40-22-9-11-26-20(16-22)17-25(33-13-6-7-14-36)29(38)35(26)21-8-10-24-23(18-21)31(30(39)34-24)19(2)28(42(3,4)32)27(41-31)12-15-37/h8-11,16,18-19,25,27-28,33,36-37H,5-7,12-15,17H2,1-4H3,(H,34,39)/t19-,25?,27+,28-,31+/m0/s1. The van der Waals surface area contributed by atoms with Gasteiger partial charge in [0.05, 0.1) is 24.4 Å². The molecule has 0 bridgehead atoms. The highest BCUT2D eigenvalue weighted by Crippen LogP contribution is 2.59. The largest absolute Gasteiger partial charge is 0.494 e. The lowest BCUT2D eigenvalue weighted by Gasteiger charge is -2.36. The van der Waals surface area contributed by atoms with E-state index in [1.54, 1.807) is 30.1 Å². The first-order chi connectivity index (χ1) is 20.1. The van der Waals surface area contributed by atoms with Gasteiger partial charge in [-0.1, -0.05) is 6.92 Å². The van der Waals surface area contributed by atoms with Gasteiger partial charge in [0.1, 0.15) is 5.75 Å². The van der Waals surface area contributed by atoms with E-state index in [2.05, 4.69) is 10.6 Å². The Labute approximate surface area is 247 Å². The van der Waals surface area contributed by atoms with Gasteiger partial charge in [0, 0.05) is 41.6 Å². The molecule has 9 nitrogen and oxygen atoms in total. The van der Waals surface area contributed by atoms with Crippen LogP contribution in [0.3, 0.4) is 0 Å². The van der Waals surface area contributed by atoms with Crippen molar-refractivity contribution in [3.8, 4) is 5.75 Å². The van der Waals surface area contributed by atoms with Crippen LogP contribution in [-0.4, -0.2) is 68.9 Å². The lowest BCUT2D eigenvalue weighted by Crippen LogP contribution is -2.49. The van der Waals surface area contributed by atoms with Crippen molar-refractivity contribution in [3.05, 3.63) is 47.5 Å². The summed E-state index contributed by atoms with van der Waals surface area (Å²) in [6.07, 6.45) is 1.51. The molecule has 0 saturated carbocycles. The van der Waals surface area contributed by atoms with Crippen LogP contribution in [0.4, 0.5) is 21.2 Å². The fraction of sp³-hybridized carbons (Fsp3) is 0.548. The number of fused-ring (bicyclic) bond motifs is 3.